The minimum absolute atomic E-state index is 0.0102. The van der Waals surface area contributed by atoms with Crippen LogP contribution in [0.4, 0.5) is 0 Å². The Bertz CT molecular complexity index is 1150. The summed E-state index contributed by atoms with van der Waals surface area (Å²) in [7, 11) is 0. The average molecular weight is 463 g/mol. The molecule has 3 N–H and O–H groups in total. The fraction of sp³-hybridized carbons (Fsp3) is 0.407. The maximum absolute atomic E-state index is 12.2. The highest BCUT2D eigenvalue weighted by Gasteiger charge is 2.21. The molecule has 0 bridgehead atoms. The molecule has 0 unspecified atom stereocenters. The number of carbonyl (C=O) groups is 1. The van der Waals surface area contributed by atoms with Crippen LogP contribution in [0.25, 0.3) is 17.1 Å². The predicted molar refractivity (Wildman–Crippen MR) is 133 cm³/mol. The summed E-state index contributed by atoms with van der Waals surface area (Å²) in [5.41, 5.74) is 4.31. The van der Waals surface area contributed by atoms with E-state index in [1.54, 1.807) is 0 Å². The number of nitrogens with zero attached hydrogens (tertiary/aromatic N) is 3. The summed E-state index contributed by atoms with van der Waals surface area (Å²) >= 11 is 0. The average Bonchev–Trinajstić information content (AvgIpc) is 3.23. The van der Waals surface area contributed by atoms with Crippen LogP contribution in [0.5, 0.6) is 11.5 Å². The Balaban J connectivity index is 1.72. The molecule has 1 fully saturated rings. The maximum atomic E-state index is 12.2. The predicted octanol–water partition coefficient (Wildman–Crippen LogP) is 4.70. The lowest BCUT2D eigenvalue weighted by Gasteiger charge is -2.26. The number of rotatable bonds is 8. The first-order valence-electron chi connectivity index (χ1n) is 12.1. The van der Waals surface area contributed by atoms with Crippen LogP contribution in [0.3, 0.4) is 0 Å². The number of piperidine rings is 1. The molecular formula is C27H34N4O3. The molecular weight excluding hydrogens is 428 g/mol. The number of nitrogens with one attached hydrogen (secondary N) is 1. The Hall–Kier alpha value is -3.32. The first-order valence-corrected chi connectivity index (χ1v) is 12.1. The van der Waals surface area contributed by atoms with Crippen molar-refractivity contribution in [2.75, 3.05) is 13.1 Å². The number of phenolic OH excluding ortho intramolecular Hbond substituents is 2. The molecule has 1 aliphatic heterocycles. The van der Waals surface area contributed by atoms with E-state index in [1.165, 1.54) is 6.07 Å². The number of benzene rings is 2. The van der Waals surface area contributed by atoms with E-state index in [0.29, 0.717) is 30.9 Å². The van der Waals surface area contributed by atoms with Gasteiger partial charge in [-0.25, -0.2) is 4.98 Å². The van der Waals surface area contributed by atoms with E-state index >= 15 is 0 Å². The third-order valence-corrected chi connectivity index (χ3v) is 6.39. The number of phenols is 2. The summed E-state index contributed by atoms with van der Waals surface area (Å²) in [6.45, 7) is 8.96. The molecule has 0 saturated carbocycles. The molecule has 3 aromatic rings. The largest absolute Gasteiger partial charge is 0.508 e. The van der Waals surface area contributed by atoms with Crippen molar-refractivity contribution in [1.29, 1.82) is 0 Å². The summed E-state index contributed by atoms with van der Waals surface area (Å²) in [5, 5.41) is 24.3. The maximum Gasteiger partial charge on any atom is 0.222 e. The Morgan fingerprint density at radius 3 is 2.53 bits per heavy atom. The van der Waals surface area contributed by atoms with Crippen molar-refractivity contribution >= 4 is 5.91 Å². The van der Waals surface area contributed by atoms with Crippen molar-refractivity contribution in [1.82, 2.24) is 19.8 Å². The van der Waals surface area contributed by atoms with E-state index in [4.69, 9.17) is 0 Å². The third kappa shape index (κ3) is 4.94. The van der Waals surface area contributed by atoms with Crippen LogP contribution in [-0.4, -0.2) is 43.7 Å². The Kier molecular flexibility index (Phi) is 7.22. The molecule has 7 heteroatoms. The van der Waals surface area contributed by atoms with Crippen LogP contribution in [0.15, 0.2) is 42.6 Å². The molecule has 4 rings (SSSR count). The molecule has 0 aliphatic carbocycles. The van der Waals surface area contributed by atoms with Gasteiger partial charge in [-0.3, -0.25) is 9.36 Å². The van der Waals surface area contributed by atoms with E-state index < -0.39 is 0 Å². The van der Waals surface area contributed by atoms with Crippen molar-refractivity contribution in [3.63, 3.8) is 0 Å². The molecule has 7 nitrogen and oxygen atoms in total. The molecule has 1 aliphatic rings. The molecule has 2 heterocycles. The van der Waals surface area contributed by atoms with Crippen molar-refractivity contribution in [3.05, 3.63) is 59.4 Å². The summed E-state index contributed by atoms with van der Waals surface area (Å²) in [5.74, 6) is 1.01. The Labute approximate surface area is 201 Å². The zero-order valence-corrected chi connectivity index (χ0v) is 20.2. The molecule has 0 spiro atoms. The lowest BCUT2D eigenvalue weighted by Crippen LogP contribution is -2.34. The van der Waals surface area contributed by atoms with Gasteiger partial charge in [-0.05, 0) is 54.6 Å². The van der Waals surface area contributed by atoms with Gasteiger partial charge in [0.1, 0.15) is 17.3 Å². The highest BCUT2D eigenvalue weighted by atomic mass is 16.3. The van der Waals surface area contributed by atoms with Gasteiger partial charge in [0.05, 0.1) is 17.5 Å². The van der Waals surface area contributed by atoms with Crippen molar-refractivity contribution in [3.8, 4) is 28.6 Å². The zero-order valence-electron chi connectivity index (χ0n) is 20.2. The van der Waals surface area contributed by atoms with Crippen molar-refractivity contribution in [2.45, 2.75) is 59.0 Å². The molecule has 0 atom stereocenters. The van der Waals surface area contributed by atoms with Gasteiger partial charge in [0, 0.05) is 37.8 Å². The van der Waals surface area contributed by atoms with Crippen LogP contribution in [0.2, 0.25) is 0 Å². The van der Waals surface area contributed by atoms with E-state index in [9.17, 15) is 15.0 Å². The van der Waals surface area contributed by atoms with Gasteiger partial charge in [-0.2, -0.15) is 0 Å². The molecule has 0 radical (unpaired) electrons. The van der Waals surface area contributed by atoms with Gasteiger partial charge in [0.2, 0.25) is 5.91 Å². The highest BCUT2D eigenvalue weighted by Crippen LogP contribution is 2.38. The summed E-state index contributed by atoms with van der Waals surface area (Å²) in [4.78, 5) is 18.8. The second kappa shape index (κ2) is 10.3. The van der Waals surface area contributed by atoms with Crippen LogP contribution in [0.1, 0.15) is 62.8 Å². The second-order valence-corrected chi connectivity index (χ2v) is 9.21. The number of likely N-dealkylation sites (tertiary alicyclic amines) is 1. The first kappa shape index (κ1) is 23.8. The van der Waals surface area contributed by atoms with Crippen LogP contribution in [0, 0.1) is 0 Å². The number of amides is 1. The number of aromatic nitrogens is 2. The fourth-order valence-corrected chi connectivity index (χ4v) is 4.48. The number of imidazole rings is 1. The Morgan fingerprint density at radius 2 is 1.85 bits per heavy atom. The van der Waals surface area contributed by atoms with E-state index in [1.807, 2.05) is 59.8 Å². The van der Waals surface area contributed by atoms with Gasteiger partial charge in [-0.15, -0.1) is 0 Å². The van der Waals surface area contributed by atoms with Gasteiger partial charge in [-0.1, -0.05) is 32.9 Å². The number of hydrogen-bond donors (Lipinski definition) is 3. The number of carbonyl (C=O) groups excluding carboxylic acids is 1. The molecule has 1 aromatic heterocycles. The van der Waals surface area contributed by atoms with E-state index in [-0.39, 0.29) is 23.3 Å². The molecule has 1 saturated heterocycles. The summed E-state index contributed by atoms with van der Waals surface area (Å²) in [6, 6.07) is 11.4. The van der Waals surface area contributed by atoms with E-state index in [2.05, 4.69) is 17.2 Å². The normalized spacial score (nSPS) is 14.2. The number of aromatic hydroxyl groups is 2. The molecule has 34 heavy (non-hydrogen) atoms. The Morgan fingerprint density at radius 1 is 1.09 bits per heavy atom. The molecule has 180 valence electrons. The van der Waals surface area contributed by atoms with Gasteiger partial charge >= 0.3 is 0 Å². The SMILES string of the molecule is CCNCc1cnc(-c2cc(C(C)C)c(O)cc2O)n1-c1ccc(CN2CCCCC2=O)cc1. The number of hydrogen-bond acceptors (Lipinski definition) is 5. The minimum Gasteiger partial charge on any atom is -0.508 e. The van der Waals surface area contributed by atoms with Gasteiger partial charge in [0.25, 0.3) is 0 Å². The topological polar surface area (TPSA) is 90.6 Å². The van der Waals surface area contributed by atoms with Gasteiger partial charge in [0.15, 0.2) is 0 Å². The van der Waals surface area contributed by atoms with Crippen LogP contribution in [-0.2, 0) is 17.9 Å². The van der Waals surface area contributed by atoms with E-state index in [0.717, 1.165) is 48.4 Å². The van der Waals surface area contributed by atoms with Crippen molar-refractivity contribution in [2.24, 2.45) is 0 Å². The van der Waals surface area contributed by atoms with Gasteiger partial charge < -0.3 is 20.4 Å². The quantitative estimate of drug-likeness (QED) is 0.452. The fourth-order valence-electron chi connectivity index (χ4n) is 4.48. The molecule has 2 aromatic carbocycles. The lowest BCUT2D eigenvalue weighted by molar-refractivity contribution is -0.133. The van der Waals surface area contributed by atoms with Crippen LogP contribution < -0.4 is 5.32 Å². The first-order chi connectivity index (χ1) is 16.4. The third-order valence-electron chi connectivity index (χ3n) is 6.39. The summed E-state index contributed by atoms with van der Waals surface area (Å²) < 4.78 is 2.04. The zero-order chi connectivity index (χ0) is 24.2. The van der Waals surface area contributed by atoms with Crippen molar-refractivity contribution < 1.29 is 15.0 Å². The standard InChI is InChI=1S/C27H34N4O3/c1-4-28-15-21-16-29-27(23-13-22(18(2)3)24(32)14-25(23)33)31(21)20-10-8-19(9-11-20)17-30-12-6-5-7-26(30)34/h8-11,13-14,16,18,28,32-33H,4-7,12,15,17H2,1-3H3. The lowest BCUT2D eigenvalue weighted by atomic mass is 9.98. The highest BCUT2D eigenvalue weighted by molar-refractivity contribution is 5.76. The molecule has 1 amide bonds. The smallest absolute Gasteiger partial charge is 0.222 e. The monoisotopic (exact) mass is 462 g/mol. The van der Waals surface area contributed by atoms with Crippen LogP contribution >= 0.6 is 0 Å². The minimum atomic E-state index is -0.0102. The second-order valence-electron chi connectivity index (χ2n) is 9.21. The summed E-state index contributed by atoms with van der Waals surface area (Å²) in [6.07, 6.45) is 4.50.